The molecule has 0 spiro atoms. The third-order valence-electron chi connectivity index (χ3n) is 2.03. The van der Waals surface area contributed by atoms with Crippen LogP contribution in [0.2, 0.25) is 0 Å². The Morgan fingerprint density at radius 3 is 0.800 bits per heavy atom. The maximum Gasteiger partial charge on any atom is 0.460 e. The molecule has 0 heterocycles. The third kappa shape index (κ3) is 2.26. The van der Waals surface area contributed by atoms with Crippen molar-refractivity contribution in [3.8, 4) is 0 Å². The van der Waals surface area contributed by atoms with E-state index in [1.54, 1.807) is 0 Å². The molecule has 0 unspecified atom stereocenters. The van der Waals surface area contributed by atoms with Gasteiger partial charge in [0.1, 0.15) is 0 Å². The van der Waals surface area contributed by atoms with E-state index in [1.807, 2.05) is 0 Å². The summed E-state index contributed by atoms with van der Waals surface area (Å²) in [6, 6.07) is 0. The van der Waals surface area contributed by atoms with Crippen LogP contribution < -0.4 is 0 Å². The first-order chi connectivity index (χ1) is 8.25. The van der Waals surface area contributed by atoms with E-state index in [0.717, 1.165) is 0 Å². The van der Waals surface area contributed by atoms with Crippen LogP contribution in [0.25, 0.3) is 0 Å². The Balaban J connectivity index is 6.38. The molecule has 0 aliphatic heterocycles. The molecule has 0 atom stereocenters. The van der Waals surface area contributed by atoms with Gasteiger partial charge in [-0.2, -0.15) is 57.1 Å². The second-order valence-electron chi connectivity index (χ2n) is 3.35. The molecule has 20 heavy (non-hydrogen) atoms. The molecule has 0 aromatic rings. The maximum atomic E-state index is 12.6. The van der Waals surface area contributed by atoms with Crippen LogP contribution in [0.3, 0.4) is 0 Å². The first-order valence-corrected chi connectivity index (χ1v) is 3.93. The lowest BCUT2D eigenvalue weighted by Crippen LogP contribution is -2.75. The van der Waals surface area contributed by atoms with Crippen molar-refractivity contribution >= 4 is 0 Å². The van der Waals surface area contributed by atoms with Crippen LogP contribution in [0, 0.1) is 0 Å². The van der Waals surface area contributed by atoms with Crippen molar-refractivity contribution < 1.29 is 62.2 Å². The first-order valence-electron chi connectivity index (χ1n) is 3.93. The molecule has 0 amide bonds. The fraction of sp³-hybridized carbons (Fsp3) is 1.00. The maximum absolute atomic E-state index is 12.6. The minimum atomic E-state index is -7.95. The van der Waals surface area contributed by atoms with Gasteiger partial charge in [-0.05, 0) is 0 Å². The molecule has 0 radical (unpaired) electrons. The molecule has 0 saturated carbocycles. The van der Waals surface area contributed by atoms with Gasteiger partial charge in [0, 0.05) is 0 Å². The summed E-state index contributed by atoms with van der Waals surface area (Å²) in [5.41, 5.74) is -7.59. The summed E-state index contributed by atoms with van der Waals surface area (Å²) in [4.78, 5) is 0. The number of alkyl halides is 13. The van der Waals surface area contributed by atoms with Crippen molar-refractivity contribution in [2.45, 2.75) is 36.0 Å². The minimum Gasteiger partial charge on any atom is -0.369 e. The molecule has 14 heteroatoms. The molecule has 0 bridgehead atoms. The molecule has 122 valence electrons. The molecular weight excluding hydrogens is 335 g/mol. The van der Waals surface area contributed by atoms with Gasteiger partial charge in [0.25, 0.3) is 0 Å². The minimum absolute atomic E-state index is 7.47. The van der Waals surface area contributed by atoms with Crippen LogP contribution in [0.5, 0.6) is 0 Å². The van der Waals surface area contributed by atoms with Crippen molar-refractivity contribution in [3.05, 3.63) is 0 Å². The molecular formula is C6HF13O. The Kier molecular flexibility index (Phi) is 4.07. The van der Waals surface area contributed by atoms with Gasteiger partial charge < -0.3 is 5.11 Å². The molecule has 0 aliphatic carbocycles. The van der Waals surface area contributed by atoms with Crippen molar-refractivity contribution in [3.63, 3.8) is 0 Å². The monoisotopic (exact) mass is 336 g/mol. The quantitative estimate of drug-likeness (QED) is 0.763. The highest BCUT2D eigenvalue weighted by Gasteiger charge is 2.92. The summed E-state index contributed by atoms with van der Waals surface area (Å²) in [5, 5.41) is 7.93. The highest BCUT2D eigenvalue weighted by atomic mass is 19.4. The Labute approximate surface area is 99.5 Å². The Hall–Kier alpha value is -0.950. The van der Waals surface area contributed by atoms with Crippen LogP contribution >= 0.6 is 0 Å². The largest absolute Gasteiger partial charge is 0.460 e. The average Bonchev–Trinajstić information content (AvgIpc) is 2.10. The van der Waals surface area contributed by atoms with E-state index in [9.17, 15) is 57.1 Å². The Morgan fingerprint density at radius 2 is 0.650 bits per heavy atom. The van der Waals surface area contributed by atoms with Gasteiger partial charge in [0.2, 0.25) is 0 Å². The summed E-state index contributed by atoms with van der Waals surface area (Å²) in [5.74, 6) is -15.7. The zero-order valence-corrected chi connectivity index (χ0v) is 8.36. The number of hydrogen-bond acceptors (Lipinski definition) is 1. The normalized spacial score (nSPS) is 16.5. The lowest BCUT2D eigenvalue weighted by molar-refractivity contribution is -0.473. The van der Waals surface area contributed by atoms with Gasteiger partial charge in [-0.15, -0.1) is 0 Å². The Bertz CT molecular complexity index is 343. The summed E-state index contributed by atoms with van der Waals surface area (Å²) in [7, 11) is 0. The van der Waals surface area contributed by atoms with Crippen molar-refractivity contribution in [2.75, 3.05) is 0 Å². The molecule has 0 fully saturated rings. The molecule has 0 aromatic heterocycles. The lowest BCUT2D eigenvalue weighted by atomic mass is 9.88. The van der Waals surface area contributed by atoms with Gasteiger partial charge in [-0.1, -0.05) is 0 Å². The van der Waals surface area contributed by atoms with Gasteiger partial charge in [-0.3, -0.25) is 0 Å². The van der Waals surface area contributed by atoms with E-state index in [4.69, 9.17) is 5.11 Å². The number of hydrogen-bond donors (Lipinski definition) is 1. The van der Waals surface area contributed by atoms with Crippen molar-refractivity contribution in [1.82, 2.24) is 0 Å². The van der Waals surface area contributed by atoms with E-state index in [0.29, 0.717) is 0 Å². The third-order valence-corrected chi connectivity index (χ3v) is 2.03. The molecule has 0 aliphatic rings. The summed E-state index contributed by atoms with van der Waals surface area (Å²) in [6.45, 7) is 0. The zero-order valence-electron chi connectivity index (χ0n) is 8.36. The van der Waals surface area contributed by atoms with Crippen molar-refractivity contribution in [2.24, 2.45) is 0 Å². The van der Waals surface area contributed by atoms with E-state index < -0.39 is 36.0 Å². The zero-order chi connectivity index (χ0) is 17.0. The van der Waals surface area contributed by atoms with E-state index in [1.165, 1.54) is 0 Å². The standard InChI is InChI=1S/C6HF13O/c7-2(8,3(9,10)6(17,18)19)1(20,4(11,12)13)5(14,15)16/h20H. The number of halogens is 13. The van der Waals surface area contributed by atoms with E-state index in [-0.39, 0.29) is 0 Å². The number of rotatable bonds is 2. The van der Waals surface area contributed by atoms with Gasteiger partial charge in [-0.25, -0.2) is 0 Å². The fourth-order valence-electron chi connectivity index (χ4n) is 0.922. The van der Waals surface area contributed by atoms with Crippen LogP contribution in [0.1, 0.15) is 0 Å². The summed E-state index contributed by atoms with van der Waals surface area (Å²) >= 11 is 0. The molecule has 0 rings (SSSR count). The molecule has 1 nitrogen and oxygen atoms in total. The topological polar surface area (TPSA) is 20.2 Å². The van der Waals surface area contributed by atoms with E-state index >= 15 is 0 Å². The predicted octanol–water partition coefficient (Wildman–Crippen LogP) is 3.67. The summed E-state index contributed by atoms with van der Waals surface area (Å²) < 4.78 is 155. The summed E-state index contributed by atoms with van der Waals surface area (Å²) in [6.07, 6.45) is -22.6. The van der Waals surface area contributed by atoms with Crippen LogP contribution in [-0.4, -0.2) is 41.1 Å². The average molecular weight is 336 g/mol. The highest BCUT2D eigenvalue weighted by molar-refractivity contribution is 5.12. The Morgan fingerprint density at radius 1 is 0.400 bits per heavy atom. The van der Waals surface area contributed by atoms with Crippen LogP contribution in [-0.2, 0) is 0 Å². The number of aliphatic hydroxyl groups is 1. The second-order valence-corrected chi connectivity index (χ2v) is 3.35. The van der Waals surface area contributed by atoms with E-state index in [2.05, 4.69) is 0 Å². The lowest BCUT2D eigenvalue weighted by Gasteiger charge is -2.41. The second kappa shape index (κ2) is 4.27. The first kappa shape index (κ1) is 19.1. The van der Waals surface area contributed by atoms with Crippen LogP contribution in [0.15, 0.2) is 0 Å². The SMILES string of the molecule is OC(C(F)(F)F)(C(F)(F)F)C(F)(F)C(F)(F)C(F)(F)F. The molecule has 0 aromatic carbocycles. The molecule has 0 saturated heterocycles. The van der Waals surface area contributed by atoms with Gasteiger partial charge in [0.05, 0.1) is 0 Å². The smallest absolute Gasteiger partial charge is 0.369 e. The van der Waals surface area contributed by atoms with Crippen molar-refractivity contribution in [1.29, 1.82) is 0 Å². The highest BCUT2D eigenvalue weighted by Crippen LogP contribution is 2.59. The predicted molar refractivity (Wildman–Crippen MR) is 33.0 cm³/mol. The van der Waals surface area contributed by atoms with Gasteiger partial charge >= 0.3 is 36.0 Å². The molecule has 1 N–H and O–H groups in total. The van der Waals surface area contributed by atoms with Crippen LogP contribution in [0.4, 0.5) is 57.1 Å². The fourth-order valence-corrected chi connectivity index (χ4v) is 0.922. The van der Waals surface area contributed by atoms with Gasteiger partial charge in [0.15, 0.2) is 0 Å².